The summed E-state index contributed by atoms with van der Waals surface area (Å²) in [7, 11) is 0. The fraction of sp³-hybridized carbons (Fsp3) is 0.0400. The van der Waals surface area contributed by atoms with Gasteiger partial charge < -0.3 is 0 Å². The third-order valence-electron chi connectivity index (χ3n) is 5.14. The summed E-state index contributed by atoms with van der Waals surface area (Å²) in [6, 6.07) is 22.9. The first-order valence-electron chi connectivity index (χ1n) is 10.2. The van der Waals surface area contributed by atoms with E-state index in [1.165, 1.54) is 6.21 Å². The number of hydrazone groups is 1. The predicted octanol–water partition coefficient (Wildman–Crippen LogP) is 5.87. The van der Waals surface area contributed by atoms with Crippen LogP contribution in [0.3, 0.4) is 0 Å². The van der Waals surface area contributed by atoms with Crippen LogP contribution in [0.5, 0.6) is 0 Å². The van der Waals surface area contributed by atoms with Crippen molar-refractivity contribution in [2.45, 2.75) is 6.92 Å². The second-order valence-corrected chi connectivity index (χ2v) is 8.59. The van der Waals surface area contributed by atoms with Gasteiger partial charge in [-0.15, -0.1) is 11.3 Å². The molecule has 0 bridgehead atoms. The first kappa shape index (κ1) is 21.1. The molecule has 0 saturated carbocycles. The number of thiophene rings is 1. The Morgan fingerprint density at radius 1 is 1.09 bits per heavy atom. The second kappa shape index (κ2) is 8.97. The molecule has 8 heteroatoms. The molecule has 6 nitrogen and oxygen atoms in total. The van der Waals surface area contributed by atoms with Crippen LogP contribution in [0.1, 0.15) is 21.6 Å². The summed E-state index contributed by atoms with van der Waals surface area (Å²) in [4.78, 5) is 18.8. The van der Waals surface area contributed by atoms with E-state index in [0.717, 1.165) is 27.2 Å². The van der Waals surface area contributed by atoms with Gasteiger partial charge in [-0.05, 0) is 42.6 Å². The van der Waals surface area contributed by atoms with Crippen LogP contribution in [0.25, 0.3) is 27.2 Å². The van der Waals surface area contributed by atoms with E-state index in [0.29, 0.717) is 22.0 Å². The van der Waals surface area contributed by atoms with Crippen molar-refractivity contribution >= 4 is 46.0 Å². The highest BCUT2D eigenvalue weighted by atomic mass is 35.5. The number of hydrogen-bond donors (Lipinski definition) is 1. The number of aryl methyl sites for hydroxylation is 1. The zero-order valence-electron chi connectivity index (χ0n) is 17.6. The molecule has 0 unspecified atom stereocenters. The van der Waals surface area contributed by atoms with Gasteiger partial charge in [0.1, 0.15) is 5.15 Å². The van der Waals surface area contributed by atoms with Crippen molar-refractivity contribution in [3.63, 3.8) is 0 Å². The fourth-order valence-electron chi connectivity index (χ4n) is 3.53. The van der Waals surface area contributed by atoms with Gasteiger partial charge in [-0.3, -0.25) is 4.79 Å². The maximum absolute atomic E-state index is 13.1. The van der Waals surface area contributed by atoms with Gasteiger partial charge in [0.25, 0.3) is 5.91 Å². The van der Waals surface area contributed by atoms with Crippen LogP contribution in [0.2, 0.25) is 5.15 Å². The van der Waals surface area contributed by atoms with Gasteiger partial charge in [0.2, 0.25) is 0 Å². The number of carbonyl (C=O) groups is 1. The highest BCUT2D eigenvalue weighted by Gasteiger charge is 2.15. The van der Waals surface area contributed by atoms with E-state index in [4.69, 9.17) is 16.6 Å². The molecule has 0 radical (unpaired) electrons. The van der Waals surface area contributed by atoms with Crippen molar-refractivity contribution < 1.29 is 4.79 Å². The van der Waals surface area contributed by atoms with Crippen LogP contribution in [-0.2, 0) is 0 Å². The fourth-order valence-corrected chi connectivity index (χ4v) is 4.53. The summed E-state index contributed by atoms with van der Waals surface area (Å²) in [5.41, 5.74) is 6.82. The average Bonchev–Trinajstić information content (AvgIpc) is 3.48. The number of amides is 1. The molecule has 5 rings (SSSR count). The molecule has 3 aromatic heterocycles. The minimum atomic E-state index is -0.327. The van der Waals surface area contributed by atoms with Crippen LogP contribution in [0.15, 0.2) is 83.3 Å². The number of carbonyl (C=O) groups excluding carboxylic acids is 1. The van der Waals surface area contributed by atoms with Crippen molar-refractivity contribution in [1.29, 1.82) is 0 Å². The van der Waals surface area contributed by atoms with E-state index in [9.17, 15) is 4.79 Å². The number of nitrogens with zero attached hydrogens (tertiary/aromatic N) is 4. The van der Waals surface area contributed by atoms with Gasteiger partial charge in [0.05, 0.1) is 44.8 Å². The molecule has 0 saturated heterocycles. The molecule has 0 fully saturated rings. The third-order valence-corrected chi connectivity index (χ3v) is 6.40. The highest BCUT2D eigenvalue weighted by Crippen LogP contribution is 2.28. The Bertz CT molecular complexity index is 1480. The van der Waals surface area contributed by atoms with Gasteiger partial charge in [-0.2, -0.15) is 10.2 Å². The van der Waals surface area contributed by atoms with Crippen LogP contribution in [0, 0.1) is 6.92 Å². The molecule has 3 heterocycles. The molecule has 0 aliphatic carbocycles. The SMILES string of the molecule is Cc1nn(-c2ccccc2)c(Cl)c1/C=N\NC(=O)c1cc(-c2cccs2)nc2ccccc12. The number of nitrogens with one attached hydrogen (secondary N) is 1. The van der Waals surface area contributed by atoms with Gasteiger partial charge in [-0.1, -0.05) is 54.1 Å². The number of fused-ring (bicyclic) bond motifs is 1. The summed E-state index contributed by atoms with van der Waals surface area (Å²) < 4.78 is 1.64. The number of hydrogen-bond acceptors (Lipinski definition) is 5. The lowest BCUT2D eigenvalue weighted by Crippen LogP contribution is -2.18. The second-order valence-electron chi connectivity index (χ2n) is 7.29. The molecule has 1 amide bonds. The summed E-state index contributed by atoms with van der Waals surface area (Å²) in [6.45, 7) is 1.85. The Morgan fingerprint density at radius 2 is 1.88 bits per heavy atom. The summed E-state index contributed by atoms with van der Waals surface area (Å²) in [5, 5.41) is 11.8. The zero-order chi connectivity index (χ0) is 22.8. The predicted molar refractivity (Wildman–Crippen MR) is 133 cm³/mol. The summed E-state index contributed by atoms with van der Waals surface area (Å²) in [6.07, 6.45) is 1.52. The maximum Gasteiger partial charge on any atom is 0.272 e. The minimum Gasteiger partial charge on any atom is -0.267 e. The molecular formula is C25H18ClN5OS. The van der Waals surface area contributed by atoms with Crippen molar-refractivity contribution in [2.75, 3.05) is 0 Å². The number of benzene rings is 2. The Balaban J connectivity index is 1.44. The normalized spacial score (nSPS) is 11.3. The quantitative estimate of drug-likeness (QED) is 0.257. The van der Waals surface area contributed by atoms with Gasteiger partial charge in [0, 0.05) is 5.39 Å². The lowest BCUT2D eigenvalue weighted by Gasteiger charge is -2.08. The Labute approximate surface area is 199 Å². The molecule has 162 valence electrons. The first-order valence-corrected chi connectivity index (χ1v) is 11.4. The van der Waals surface area contributed by atoms with Crippen molar-refractivity contribution in [1.82, 2.24) is 20.2 Å². The van der Waals surface area contributed by atoms with Crippen molar-refractivity contribution in [3.8, 4) is 16.3 Å². The third kappa shape index (κ3) is 4.16. The lowest BCUT2D eigenvalue weighted by atomic mass is 10.1. The molecule has 1 N–H and O–H groups in total. The van der Waals surface area contributed by atoms with E-state index >= 15 is 0 Å². The molecule has 0 aliphatic heterocycles. The number of aromatic nitrogens is 3. The van der Waals surface area contributed by atoms with Crippen molar-refractivity contribution in [2.24, 2.45) is 5.10 Å². The monoisotopic (exact) mass is 471 g/mol. The van der Waals surface area contributed by atoms with Gasteiger partial charge >= 0.3 is 0 Å². The molecule has 2 aromatic carbocycles. The van der Waals surface area contributed by atoms with E-state index in [1.807, 2.05) is 79.0 Å². The van der Waals surface area contributed by atoms with Crippen LogP contribution < -0.4 is 5.43 Å². The van der Waals surface area contributed by atoms with Crippen LogP contribution in [0.4, 0.5) is 0 Å². The zero-order valence-corrected chi connectivity index (χ0v) is 19.1. The average molecular weight is 472 g/mol. The number of rotatable bonds is 5. The standard InChI is InChI=1S/C25H18ClN5OS/c1-16-20(24(26)31(30-16)17-8-3-2-4-9-17)15-27-29-25(32)19-14-22(23-12-7-13-33-23)28-21-11-6-5-10-18(19)21/h2-15H,1H3,(H,29,32)/b27-15-. The number of pyridine rings is 1. The molecule has 5 aromatic rings. The highest BCUT2D eigenvalue weighted by molar-refractivity contribution is 7.13. The maximum atomic E-state index is 13.1. The van der Waals surface area contributed by atoms with Crippen LogP contribution >= 0.6 is 22.9 Å². The van der Waals surface area contributed by atoms with E-state index in [-0.39, 0.29) is 5.91 Å². The van der Waals surface area contributed by atoms with Crippen LogP contribution in [-0.4, -0.2) is 26.9 Å². The smallest absolute Gasteiger partial charge is 0.267 e. The summed E-state index contributed by atoms with van der Waals surface area (Å²) >= 11 is 8.12. The van der Waals surface area contributed by atoms with E-state index < -0.39 is 0 Å². The largest absolute Gasteiger partial charge is 0.272 e. The lowest BCUT2D eigenvalue weighted by molar-refractivity contribution is 0.0956. The molecule has 33 heavy (non-hydrogen) atoms. The Morgan fingerprint density at radius 3 is 2.67 bits per heavy atom. The van der Waals surface area contributed by atoms with Gasteiger partial charge in [0.15, 0.2) is 0 Å². The van der Waals surface area contributed by atoms with E-state index in [2.05, 4.69) is 15.6 Å². The molecule has 0 atom stereocenters. The first-order chi connectivity index (χ1) is 16.1. The van der Waals surface area contributed by atoms with Gasteiger partial charge in [-0.25, -0.2) is 15.1 Å². The minimum absolute atomic E-state index is 0.327. The van der Waals surface area contributed by atoms with E-state index in [1.54, 1.807) is 22.1 Å². The summed E-state index contributed by atoms with van der Waals surface area (Å²) in [5.74, 6) is -0.327. The Kier molecular flexibility index (Phi) is 5.73. The topological polar surface area (TPSA) is 72.2 Å². The van der Waals surface area contributed by atoms with Crippen molar-refractivity contribution in [3.05, 3.63) is 100 Å². The molecular weight excluding hydrogens is 454 g/mol. The number of halogens is 1. The molecule has 0 aliphatic rings. The number of para-hydroxylation sites is 2. The molecule has 0 spiro atoms. The Hall–Kier alpha value is -3.81.